The molecule has 1 aromatic rings. The van der Waals surface area contributed by atoms with Gasteiger partial charge in [0, 0.05) is 30.4 Å². The summed E-state index contributed by atoms with van der Waals surface area (Å²) in [5.74, 6) is -0.143. The SMILES string of the molecule is CCCCN(c1ccc(F)cc1CNC(C)(C)C)C1CC1. The second kappa shape index (κ2) is 6.78. The summed E-state index contributed by atoms with van der Waals surface area (Å²) in [4.78, 5) is 2.49. The van der Waals surface area contributed by atoms with Crippen LogP contribution in [-0.4, -0.2) is 18.1 Å². The molecule has 0 bridgehead atoms. The zero-order valence-corrected chi connectivity index (χ0v) is 13.9. The minimum atomic E-state index is -0.143. The number of benzene rings is 1. The average Bonchev–Trinajstić information content (AvgIpc) is 3.22. The summed E-state index contributed by atoms with van der Waals surface area (Å²) >= 11 is 0. The highest BCUT2D eigenvalue weighted by molar-refractivity contribution is 5.55. The van der Waals surface area contributed by atoms with Crippen LogP contribution < -0.4 is 10.2 Å². The number of nitrogens with zero attached hydrogens (tertiary/aromatic N) is 1. The first-order valence-electron chi connectivity index (χ1n) is 8.21. The third-order valence-corrected chi connectivity index (χ3v) is 3.90. The molecule has 118 valence electrons. The van der Waals surface area contributed by atoms with E-state index >= 15 is 0 Å². The smallest absolute Gasteiger partial charge is 0.123 e. The normalized spacial score (nSPS) is 15.3. The largest absolute Gasteiger partial charge is 0.368 e. The fourth-order valence-corrected chi connectivity index (χ4v) is 2.55. The van der Waals surface area contributed by atoms with Gasteiger partial charge < -0.3 is 10.2 Å². The van der Waals surface area contributed by atoms with Gasteiger partial charge in [0.25, 0.3) is 0 Å². The summed E-state index contributed by atoms with van der Waals surface area (Å²) < 4.78 is 13.7. The lowest BCUT2D eigenvalue weighted by Crippen LogP contribution is -2.36. The Balaban J connectivity index is 2.19. The van der Waals surface area contributed by atoms with E-state index in [0.717, 1.165) is 12.1 Å². The maximum absolute atomic E-state index is 13.7. The van der Waals surface area contributed by atoms with Crippen molar-refractivity contribution >= 4 is 5.69 Å². The van der Waals surface area contributed by atoms with E-state index in [1.165, 1.54) is 31.4 Å². The summed E-state index contributed by atoms with van der Waals surface area (Å²) in [6, 6.07) is 5.91. The molecule has 3 heteroatoms. The molecule has 2 nitrogen and oxygen atoms in total. The van der Waals surface area contributed by atoms with E-state index in [1.807, 2.05) is 6.07 Å². The van der Waals surface area contributed by atoms with E-state index in [1.54, 1.807) is 12.1 Å². The van der Waals surface area contributed by atoms with Gasteiger partial charge in [0.05, 0.1) is 0 Å². The Labute approximate surface area is 128 Å². The third-order valence-electron chi connectivity index (χ3n) is 3.90. The third kappa shape index (κ3) is 4.99. The fourth-order valence-electron chi connectivity index (χ4n) is 2.55. The maximum atomic E-state index is 13.7. The fraction of sp³-hybridized carbons (Fsp3) is 0.667. The van der Waals surface area contributed by atoms with Crippen LogP contribution in [0.5, 0.6) is 0 Å². The van der Waals surface area contributed by atoms with Gasteiger partial charge in [-0.3, -0.25) is 0 Å². The second-order valence-corrected chi connectivity index (χ2v) is 7.15. The van der Waals surface area contributed by atoms with Gasteiger partial charge in [-0.1, -0.05) is 13.3 Å². The molecular weight excluding hydrogens is 263 g/mol. The summed E-state index contributed by atoms with van der Waals surface area (Å²) in [6.07, 6.45) is 4.93. The molecule has 0 unspecified atom stereocenters. The zero-order chi connectivity index (χ0) is 15.5. The molecule has 1 aliphatic rings. The molecular formula is C18H29FN2. The highest BCUT2D eigenvalue weighted by Gasteiger charge is 2.30. The molecule has 0 aromatic heterocycles. The van der Waals surface area contributed by atoms with E-state index in [9.17, 15) is 4.39 Å². The maximum Gasteiger partial charge on any atom is 0.123 e. The number of rotatable bonds is 7. The van der Waals surface area contributed by atoms with Crippen LogP contribution in [0.4, 0.5) is 10.1 Å². The monoisotopic (exact) mass is 292 g/mol. The van der Waals surface area contributed by atoms with E-state index in [0.29, 0.717) is 12.6 Å². The summed E-state index contributed by atoms with van der Waals surface area (Å²) in [7, 11) is 0. The van der Waals surface area contributed by atoms with Crippen molar-refractivity contribution in [3.8, 4) is 0 Å². The van der Waals surface area contributed by atoms with Gasteiger partial charge in [0.15, 0.2) is 0 Å². The topological polar surface area (TPSA) is 15.3 Å². The van der Waals surface area contributed by atoms with Crippen LogP contribution in [0.15, 0.2) is 18.2 Å². The quantitative estimate of drug-likeness (QED) is 0.797. The minimum absolute atomic E-state index is 0.0391. The second-order valence-electron chi connectivity index (χ2n) is 7.15. The van der Waals surface area contributed by atoms with Gasteiger partial charge in [-0.25, -0.2) is 4.39 Å². The lowest BCUT2D eigenvalue weighted by atomic mass is 10.1. The van der Waals surface area contributed by atoms with E-state index in [2.05, 4.69) is 37.9 Å². The molecule has 1 N–H and O–H groups in total. The lowest BCUT2D eigenvalue weighted by Gasteiger charge is -2.29. The van der Waals surface area contributed by atoms with Crippen molar-refractivity contribution in [2.45, 2.75) is 71.5 Å². The first kappa shape index (κ1) is 16.3. The van der Waals surface area contributed by atoms with Crippen LogP contribution in [-0.2, 0) is 6.54 Å². The summed E-state index contributed by atoms with van der Waals surface area (Å²) in [5.41, 5.74) is 2.33. The van der Waals surface area contributed by atoms with Gasteiger partial charge in [-0.2, -0.15) is 0 Å². The van der Waals surface area contributed by atoms with Crippen molar-refractivity contribution in [3.05, 3.63) is 29.6 Å². The van der Waals surface area contributed by atoms with Crippen LogP contribution in [0.25, 0.3) is 0 Å². The molecule has 2 rings (SSSR count). The number of hydrogen-bond donors (Lipinski definition) is 1. The van der Waals surface area contributed by atoms with Crippen molar-refractivity contribution in [1.29, 1.82) is 0 Å². The van der Waals surface area contributed by atoms with Crippen LogP contribution >= 0.6 is 0 Å². The highest BCUT2D eigenvalue weighted by Crippen LogP contribution is 2.34. The number of halogens is 1. The van der Waals surface area contributed by atoms with E-state index in [4.69, 9.17) is 0 Å². The lowest BCUT2D eigenvalue weighted by molar-refractivity contribution is 0.423. The van der Waals surface area contributed by atoms with Gasteiger partial charge in [-0.15, -0.1) is 0 Å². The van der Waals surface area contributed by atoms with Crippen molar-refractivity contribution < 1.29 is 4.39 Å². The molecule has 0 aliphatic heterocycles. The van der Waals surface area contributed by atoms with Gasteiger partial charge in [0.2, 0.25) is 0 Å². The predicted molar refractivity (Wildman–Crippen MR) is 88.3 cm³/mol. The summed E-state index contributed by atoms with van der Waals surface area (Å²) in [5, 5.41) is 3.48. The Hall–Kier alpha value is -1.09. The van der Waals surface area contributed by atoms with Crippen LogP contribution in [0, 0.1) is 5.82 Å². The molecule has 0 atom stereocenters. The highest BCUT2D eigenvalue weighted by atomic mass is 19.1. The predicted octanol–water partition coefficient (Wildman–Crippen LogP) is 4.48. The Bertz CT molecular complexity index is 461. The first-order valence-corrected chi connectivity index (χ1v) is 8.21. The van der Waals surface area contributed by atoms with Crippen molar-refractivity contribution in [3.63, 3.8) is 0 Å². The van der Waals surface area contributed by atoms with Crippen LogP contribution in [0.1, 0.15) is 58.9 Å². The first-order chi connectivity index (χ1) is 9.90. The van der Waals surface area contributed by atoms with E-state index in [-0.39, 0.29) is 11.4 Å². The molecule has 0 heterocycles. The van der Waals surface area contributed by atoms with Crippen LogP contribution in [0.2, 0.25) is 0 Å². The average molecular weight is 292 g/mol. The number of hydrogen-bond acceptors (Lipinski definition) is 2. The van der Waals surface area contributed by atoms with E-state index < -0.39 is 0 Å². The number of anilines is 1. The molecule has 0 saturated heterocycles. The molecule has 21 heavy (non-hydrogen) atoms. The number of nitrogens with one attached hydrogen (secondary N) is 1. The van der Waals surface area contributed by atoms with Gasteiger partial charge in [0.1, 0.15) is 5.82 Å². The van der Waals surface area contributed by atoms with Crippen molar-refractivity contribution in [2.75, 3.05) is 11.4 Å². The zero-order valence-electron chi connectivity index (χ0n) is 13.9. The van der Waals surface area contributed by atoms with Crippen molar-refractivity contribution in [2.24, 2.45) is 0 Å². The molecule has 1 fully saturated rings. The molecule has 0 radical (unpaired) electrons. The standard InChI is InChI=1S/C18H29FN2/c1-5-6-11-21(16-8-9-16)17-10-7-15(19)12-14(17)13-20-18(2,3)4/h7,10,12,16,20H,5-6,8-9,11,13H2,1-4H3. The Kier molecular flexibility index (Phi) is 5.26. The van der Waals surface area contributed by atoms with Gasteiger partial charge in [-0.05, 0) is 63.8 Å². The number of unbranched alkanes of at least 4 members (excludes halogenated alkanes) is 1. The Morgan fingerprint density at radius 3 is 2.57 bits per heavy atom. The summed E-state index contributed by atoms with van der Waals surface area (Å²) in [6.45, 7) is 10.4. The molecule has 0 amide bonds. The van der Waals surface area contributed by atoms with Crippen molar-refractivity contribution in [1.82, 2.24) is 5.32 Å². The molecule has 1 saturated carbocycles. The molecule has 0 spiro atoms. The van der Waals surface area contributed by atoms with Gasteiger partial charge >= 0.3 is 0 Å². The molecule has 1 aliphatic carbocycles. The Morgan fingerprint density at radius 2 is 2.00 bits per heavy atom. The van der Waals surface area contributed by atoms with Crippen LogP contribution in [0.3, 0.4) is 0 Å². The minimum Gasteiger partial charge on any atom is -0.368 e. The molecule has 1 aromatic carbocycles. The Morgan fingerprint density at radius 1 is 1.29 bits per heavy atom.